The zero-order valence-corrected chi connectivity index (χ0v) is 16.1. The SMILES string of the molecule is CC(C)[C@H]1CN(C(=O)CCn2cnnc2)CCCN1Cc1ccc(F)cc1. The zero-order chi connectivity index (χ0) is 19.2. The van der Waals surface area contributed by atoms with Crippen LogP contribution >= 0.6 is 0 Å². The number of benzene rings is 1. The molecule has 6 nitrogen and oxygen atoms in total. The van der Waals surface area contributed by atoms with E-state index in [9.17, 15) is 9.18 Å². The van der Waals surface area contributed by atoms with Gasteiger partial charge >= 0.3 is 0 Å². The number of carbonyl (C=O) groups is 1. The Bertz CT molecular complexity index is 716. The van der Waals surface area contributed by atoms with Crippen LogP contribution in [0.4, 0.5) is 4.39 Å². The Kier molecular flexibility index (Phi) is 6.55. The van der Waals surface area contributed by atoms with Gasteiger partial charge in [-0.25, -0.2) is 4.39 Å². The summed E-state index contributed by atoms with van der Waals surface area (Å²) in [6.45, 7) is 8.25. The van der Waals surface area contributed by atoms with Crippen molar-refractivity contribution in [2.75, 3.05) is 19.6 Å². The second kappa shape index (κ2) is 9.08. The summed E-state index contributed by atoms with van der Waals surface area (Å²) < 4.78 is 15.0. The molecule has 146 valence electrons. The summed E-state index contributed by atoms with van der Waals surface area (Å²) in [7, 11) is 0. The summed E-state index contributed by atoms with van der Waals surface area (Å²) in [5, 5.41) is 7.55. The second-order valence-electron chi connectivity index (χ2n) is 7.55. The summed E-state index contributed by atoms with van der Waals surface area (Å²) in [6.07, 6.45) is 4.68. The fourth-order valence-electron chi connectivity index (χ4n) is 3.66. The highest BCUT2D eigenvalue weighted by molar-refractivity contribution is 5.76. The van der Waals surface area contributed by atoms with Crippen LogP contribution in [0, 0.1) is 11.7 Å². The lowest BCUT2D eigenvalue weighted by Gasteiger charge is -2.34. The summed E-state index contributed by atoms with van der Waals surface area (Å²) in [6, 6.07) is 7.01. The number of hydrogen-bond donors (Lipinski definition) is 0. The van der Waals surface area contributed by atoms with E-state index < -0.39 is 0 Å². The Hall–Kier alpha value is -2.28. The van der Waals surface area contributed by atoms with Gasteiger partial charge in [0.05, 0.1) is 0 Å². The molecule has 1 atom stereocenters. The van der Waals surface area contributed by atoms with Gasteiger partial charge in [-0.2, -0.15) is 0 Å². The molecule has 1 saturated heterocycles. The summed E-state index contributed by atoms with van der Waals surface area (Å²) in [5.74, 6) is 0.398. The molecule has 0 N–H and O–H groups in total. The number of halogens is 1. The van der Waals surface area contributed by atoms with E-state index >= 15 is 0 Å². The summed E-state index contributed by atoms with van der Waals surface area (Å²) in [4.78, 5) is 17.2. The highest BCUT2D eigenvalue weighted by atomic mass is 19.1. The molecule has 27 heavy (non-hydrogen) atoms. The third-order valence-electron chi connectivity index (χ3n) is 5.22. The lowest BCUT2D eigenvalue weighted by molar-refractivity contribution is -0.132. The minimum atomic E-state index is -0.208. The smallest absolute Gasteiger partial charge is 0.224 e. The molecule has 0 bridgehead atoms. The summed E-state index contributed by atoms with van der Waals surface area (Å²) in [5.41, 5.74) is 1.11. The Morgan fingerprint density at radius 3 is 2.56 bits per heavy atom. The van der Waals surface area contributed by atoms with Gasteiger partial charge in [0.25, 0.3) is 0 Å². The van der Waals surface area contributed by atoms with Crippen molar-refractivity contribution in [3.63, 3.8) is 0 Å². The molecule has 0 unspecified atom stereocenters. The van der Waals surface area contributed by atoms with Crippen LogP contribution in [0.15, 0.2) is 36.9 Å². The van der Waals surface area contributed by atoms with Crippen LogP contribution < -0.4 is 0 Å². The molecule has 3 rings (SSSR count). The average Bonchev–Trinajstić information content (AvgIpc) is 3.08. The van der Waals surface area contributed by atoms with E-state index in [0.717, 1.165) is 38.2 Å². The van der Waals surface area contributed by atoms with Crippen molar-refractivity contribution in [3.8, 4) is 0 Å². The van der Waals surface area contributed by atoms with Crippen LogP contribution in [0.1, 0.15) is 32.3 Å². The van der Waals surface area contributed by atoms with Crippen molar-refractivity contribution in [2.24, 2.45) is 5.92 Å². The highest BCUT2D eigenvalue weighted by Crippen LogP contribution is 2.20. The van der Waals surface area contributed by atoms with Crippen molar-refractivity contribution < 1.29 is 9.18 Å². The fraction of sp³-hybridized carbons (Fsp3) is 0.550. The quantitative estimate of drug-likeness (QED) is 0.781. The molecule has 1 aromatic carbocycles. The van der Waals surface area contributed by atoms with E-state index in [1.165, 1.54) is 12.1 Å². The Morgan fingerprint density at radius 1 is 1.19 bits per heavy atom. The largest absolute Gasteiger partial charge is 0.341 e. The highest BCUT2D eigenvalue weighted by Gasteiger charge is 2.29. The molecule has 0 saturated carbocycles. The minimum absolute atomic E-state index is 0.179. The van der Waals surface area contributed by atoms with Crippen LogP contribution in [0.3, 0.4) is 0 Å². The van der Waals surface area contributed by atoms with E-state index in [1.807, 2.05) is 21.6 Å². The van der Waals surface area contributed by atoms with Crippen LogP contribution in [-0.4, -0.2) is 56.1 Å². The van der Waals surface area contributed by atoms with Gasteiger partial charge in [-0.3, -0.25) is 9.69 Å². The zero-order valence-electron chi connectivity index (χ0n) is 16.1. The molecule has 0 spiro atoms. The lowest BCUT2D eigenvalue weighted by Crippen LogP contribution is -2.45. The molecule has 1 fully saturated rings. The van der Waals surface area contributed by atoms with Gasteiger partial charge in [-0.1, -0.05) is 26.0 Å². The van der Waals surface area contributed by atoms with Gasteiger partial charge in [0.2, 0.25) is 5.91 Å². The Balaban J connectivity index is 1.63. The number of amides is 1. The molecule has 0 aliphatic carbocycles. The number of rotatable bonds is 6. The van der Waals surface area contributed by atoms with Crippen LogP contribution in [0.5, 0.6) is 0 Å². The first-order valence-corrected chi connectivity index (χ1v) is 9.61. The van der Waals surface area contributed by atoms with Crippen LogP contribution in [0.2, 0.25) is 0 Å². The predicted octanol–water partition coefficient (Wildman–Crippen LogP) is 2.57. The normalized spacial score (nSPS) is 18.7. The number of hydrogen-bond acceptors (Lipinski definition) is 4. The molecule has 7 heteroatoms. The first-order chi connectivity index (χ1) is 13.0. The molecule has 1 amide bonds. The van der Waals surface area contributed by atoms with E-state index in [4.69, 9.17) is 0 Å². The van der Waals surface area contributed by atoms with E-state index in [2.05, 4.69) is 28.9 Å². The molecular weight excluding hydrogens is 345 g/mol. The van der Waals surface area contributed by atoms with Crippen molar-refractivity contribution in [1.82, 2.24) is 24.6 Å². The third-order valence-corrected chi connectivity index (χ3v) is 5.22. The molecular formula is C20H28FN5O. The second-order valence-corrected chi connectivity index (χ2v) is 7.55. The Labute approximate surface area is 160 Å². The maximum atomic E-state index is 13.2. The molecule has 1 aliphatic heterocycles. The first-order valence-electron chi connectivity index (χ1n) is 9.61. The van der Waals surface area contributed by atoms with Crippen molar-refractivity contribution >= 4 is 5.91 Å². The number of aryl methyl sites for hydroxylation is 1. The molecule has 0 radical (unpaired) electrons. The van der Waals surface area contributed by atoms with Crippen LogP contribution in [0.25, 0.3) is 0 Å². The van der Waals surface area contributed by atoms with Crippen molar-refractivity contribution in [3.05, 3.63) is 48.3 Å². The maximum Gasteiger partial charge on any atom is 0.224 e. The first kappa shape index (κ1) is 19.5. The third kappa shape index (κ3) is 5.35. The van der Waals surface area contributed by atoms with Crippen LogP contribution in [-0.2, 0) is 17.9 Å². The Morgan fingerprint density at radius 2 is 1.89 bits per heavy atom. The van der Waals surface area contributed by atoms with E-state index in [1.54, 1.807) is 12.7 Å². The van der Waals surface area contributed by atoms with Gasteiger partial charge in [-0.05, 0) is 30.0 Å². The van der Waals surface area contributed by atoms with Gasteiger partial charge in [0, 0.05) is 45.2 Å². The van der Waals surface area contributed by atoms with Gasteiger partial charge in [0.15, 0.2) is 0 Å². The fourth-order valence-corrected chi connectivity index (χ4v) is 3.66. The van der Waals surface area contributed by atoms with Crippen molar-refractivity contribution in [2.45, 2.75) is 45.8 Å². The van der Waals surface area contributed by atoms with Gasteiger partial charge < -0.3 is 9.47 Å². The van der Waals surface area contributed by atoms with Crippen molar-refractivity contribution in [1.29, 1.82) is 0 Å². The summed E-state index contributed by atoms with van der Waals surface area (Å²) >= 11 is 0. The van der Waals surface area contributed by atoms with E-state index in [-0.39, 0.29) is 17.8 Å². The molecule has 1 aromatic heterocycles. The number of carbonyl (C=O) groups excluding carboxylic acids is 1. The standard InChI is InChI=1S/C20H28FN5O/c1-16(2)19-13-26(20(27)8-11-24-14-22-23-15-24)10-3-9-25(19)12-17-4-6-18(21)7-5-17/h4-7,14-16,19H,3,8-13H2,1-2H3/t19-/m1/s1. The number of nitrogens with zero attached hydrogens (tertiary/aromatic N) is 5. The topological polar surface area (TPSA) is 54.3 Å². The van der Waals surface area contributed by atoms with Gasteiger partial charge in [-0.15, -0.1) is 10.2 Å². The van der Waals surface area contributed by atoms with Gasteiger partial charge in [0.1, 0.15) is 18.5 Å². The minimum Gasteiger partial charge on any atom is -0.341 e. The number of aromatic nitrogens is 3. The lowest BCUT2D eigenvalue weighted by atomic mass is 10.0. The molecule has 2 heterocycles. The predicted molar refractivity (Wildman–Crippen MR) is 101 cm³/mol. The average molecular weight is 373 g/mol. The maximum absolute atomic E-state index is 13.2. The molecule has 2 aromatic rings. The van der Waals surface area contributed by atoms with E-state index in [0.29, 0.717) is 18.9 Å². The molecule has 1 aliphatic rings. The monoisotopic (exact) mass is 373 g/mol.